The van der Waals surface area contributed by atoms with Gasteiger partial charge in [0.1, 0.15) is 5.69 Å². The van der Waals surface area contributed by atoms with Crippen molar-refractivity contribution in [3.8, 4) is 0 Å². The number of rotatable bonds is 3. The van der Waals surface area contributed by atoms with Crippen LogP contribution in [0.5, 0.6) is 0 Å². The molecule has 6 heteroatoms. The monoisotopic (exact) mass is 314 g/mol. The molecule has 0 spiro atoms. The number of aliphatic hydroxyl groups is 1. The minimum Gasteiger partial charge on any atom is -0.392 e. The Labute approximate surface area is 93.5 Å². The Morgan fingerprint density at radius 1 is 1.57 bits per heavy atom. The predicted molar refractivity (Wildman–Crippen MR) is 55.7 cm³/mol. The molecular formula is C8H9F2IN2O. The zero-order valence-electron chi connectivity index (χ0n) is 7.17. The summed E-state index contributed by atoms with van der Waals surface area (Å²) in [6.45, 7) is -0.197. The van der Waals surface area contributed by atoms with Gasteiger partial charge in [0.2, 0.25) is 0 Å². The quantitative estimate of drug-likeness (QED) is 0.833. The molecule has 0 amide bonds. The fourth-order valence-corrected chi connectivity index (χ4v) is 1.71. The van der Waals surface area contributed by atoms with E-state index >= 15 is 0 Å². The maximum atomic E-state index is 12.5. The Kier molecular flexibility index (Phi) is 4.14. The molecule has 1 rings (SSSR count). The Hall–Kier alpha value is -0.340. The van der Waals surface area contributed by atoms with Gasteiger partial charge in [0.25, 0.3) is 6.43 Å². The highest BCUT2D eigenvalue weighted by Crippen LogP contribution is 2.25. The normalized spacial score (nSPS) is 11.0. The van der Waals surface area contributed by atoms with Crippen LogP contribution in [0, 0.1) is 3.57 Å². The molecule has 0 aliphatic heterocycles. The third-order valence-electron chi connectivity index (χ3n) is 1.70. The lowest BCUT2D eigenvalue weighted by Gasteiger charge is -2.09. The van der Waals surface area contributed by atoms with Gasteiger partial charge in [-0.05, 0) is 34.2 Å². The van der Waals surface area contributed by atoms with Crippen LogP contribution in [0.4, 0.5) is 8.78 Å². The van der Waals surface area contributed by atoms with Gasteiger partial charge in [-0.1, -0.05) is 0 Å². The van der Waals surface area contributed by atoms with Gasteiger partial charge in [0.15, 0.2) is 0 Å². The van der Waals surface area contributed by atoms with E-state index in [9.17, 15) is 8.78 Å². The molecule has 0 saturated heterocycles. The zero-order chi connectivity index (χ0) is 10.7. The molecule has 3 N–H and O–H groups in total. The first-order valence-electron chi connectivity index (χ1n) is 3.87. The summed E-state index contributed by atoms with van der Waals surface area (Å²) in [6.07, 6.45) is -2.64. The first-order chi connectivity index (χ1) is 6.60. The average Bonchev–Trinajstić information content (AvgIpc) is 2.17. The van der Waals surface area contributed by atoms with Gasteiger partial charge >= 0.3 is 0 Å². The van der Waals surface area contributed by atoms with Crippen LogP contribution in [0.25, 0.3) is 0 Å². The van der Waals surface area contributed by atoms with Crippen molar-refractivity contribution in [2.75, 3.05) is 0 Å². The second-order valence-electron chi connectivity index (χ2n) is 2.63. The minimum absolute atomic E-state index is 0.0869. The summed E-state index contributed by atoms with van der Waals surface area (Å²) in [5.74, 6) is 0. The van der Waals surface area contributed by atoms with Crippen LogP contribution in [0.1, 0.15) is 23.4 Å². The summed E-state index contributed by atoms with van der Waals surface area (Å²) in [6, 6.07) is 1.54. The molecule has 0 atom stereocenters. The number of aliphatic hydroxyl groups excluding tert-OH is 1. The first-order valence-corrected chi connectivity index (χ1v) is 4.95. The van der Waals surface area contributed by atoms with Gasteiger partial charge in [-0.3, -0.25) is 0 Å². The number of hydrogen-bond acceptors (Lipinski definition) is 3. The molecule has 1 aromatic rings. The summed E-state index contributed by atoms with van der Waals surface area (Å²) in [5.41, 5.74) is 5.80. The smallest absolute Gasteiger partial charge is 0.281 e. The number of hydrogen-bond donors (Lipinski definition) is 2. The van der Waals surface area contributed by atoms with E-state index < -0.39 is 6.43 Å². The van der Waals surface area contributed by atoms with E-state index in [0.717, 1.165) is 0 Å². The van der Waals surface area contributed by atoms with E-state index in [4.69, 9.17) is 10.8 Å². The largest absolute Gasteiger partial charge is 0.392 e. The topological polar surface area (TPSA) is 59.1 Å². The number of halogens is 3. The van der Waals surface area contributed by atoms with Crippen LogP contribution < -0.4 is 5.73 Å². The second-order valence-corrected chi connectivity index (χ2v) is 3.71. The highest BCUT2D eigenvalue weighted by molar-refractivity contribution is 14.1. The molecule has 0 fully saturated rings. The van der Waals surface area contributed by atoms with Crippen LogP contribution in [0.2, 0.25) is 0 Å². The maximum Gasteiger partial charge on any atom is 0.281 e. The Morgan fingerprint density at radius 3 is 2.64 bits per heavy atom. The van der Waals surface area contributed by atoms with E-state index in [-0.39, 0.29) is 18.8 Å². The number of aromatic nitrogens is 1. The third kappa shape index (κ3) is 2.37. The van der Waals surface area contributed by atoms with Crippen LogP contribution in [0.15, 0.2) is 6.07 Å². The summed E-state index contributed by atoms with van der Waals surface area (Å²) >= 11 is 1.75. The van der Waals surface area contributed by atoms with Gasteiger partial charge in [-0.15, -0.1) is 0 Å². The molecule has 0 aromatic carbocycles. The summed E-state index contributed by atoms with van der Waals surface area (Å²) < 4.78 is 25.2. The van der Waals surface area contributed by atoms with Crippen molar-refractivity contribution in [3.05, 3.63) is 26.6 Å². The van der Waals surface area contributed by atoms with Crippen molar-refractivity contribution in [3.63, 3.8) is 0 Å². The molecule has 3 nitrogen and oxygen atoms in total. The maximum absolute atomic E-state index is 12.5. The standard InChI is InChI=1S/C8H9F2IN2O/c9-8(10)7-6(11)4(3-14)1-5(2-12)13-7/h1,8,14H,2-3,12H2. The fraction of sp³-hybridized carbons (Fsp3) is 0.375. The van der Waals surface area contributed by atoms with Crippen molar-refractivity contribution in [2.45, 2.75) is 19.6 Å². The van der Waals surface area contributed by atoms with Crippen LogP contribution in [-0.2, 0) is 13.2 Å². The SMILES string of the molecule is NCc1cc(CO)c(I)c(C(F)F)n1. The minimum atomic E-state index is -2.64. The predicted octanol–water partition coefficient (Wildman–Crippen LogP) is 1.57. The highest BCUT2D eigenvalue weighted by Gasteiger charge is 2.17. The number of nitrogens with zero attached hydrogens (tertiary/aromatic N) is 1. The lowest BCUT2D eigenvalue weighted by atomic mass is 10.2. The van der Waals surface area contributed by atoms with Crippen molar-refractivity contribution >= 4 is 22.6 Å². The number of nitrogens with two attached hydrogens (primary N) is 1. The van der Waals surface area contributed by atoms with E-state index in [1.807, 2.05) is 0 Å². The number of alkyl halides is 2. The molecule has 0 aliphatic rings. The zero-order valence-corrected chi connectivity index (χ0v) is 9.33. The van der Waals surface area contributed by atoms with E-state index in [1.165, 1.54) is 6.07 Å². The van der Waals surface area contributed by atoms with Gasteiger partial charge in [0.05, 0.1) is 12.3 Å². The molecule has 0 aliphatic carbocycles. The average molecular weight is 314 g/mol. The van der Waals surface area contributed by atoms with E-state index in [1.54, 1.807) is 22.6 Å². The summed E-state index contributed by atoms with van der Waals surface area (Å²) in [5, 5.41) is 8.93. The highest BCUT2D eigenvalue weighted by atomic mass is 127. The molecular weight excluding hydrogens is 305 g/mol. The Bertz CT molecular complexity index is 333. The molecule has 0 radical (unpaired) electrons. The van der Waals surface area contributed by atoms with Crippen molar-refractivity contribution in [1.29, 1.82) is 0 Å². The summed E-state index contributed by atoms with van der Waals surface area (Å²) in [4.78, 5) is 3.71. The number of pyridine rings is 1. The van der Waals surface area contributed by atoms with Crippen molar-refractivity contribution in [2.24, 2.45) is 5.73 Å². The first kappa shape index (κ1) is 11.7. The molecule has 1 aromatic heterocycles. The molecule has 0 bridgehead atoms. The van der Waals surface area contributed by atoms with Crippen LogP contribution in [0.3, 0.4) is 0 Å². The lowest BCUT2D eigenvalue weighted by molar-refractivity contribution is 0.144. The third-order valence-corrected chi connectivity index (χ3v) is 2.94. The lowest BCUT2D eigenvalue weighted by Crippen LogP contribution is -2.07. The van der Waals surface area contributed by atoms with Gasteiger partial charge in [-0.2, -0.15) is 0 Å². The van der Waals surface area contributed by atoms with Crippen LogP contribution >= 0.6 is 22.6 Å². The van der Waals surface area contributed by atoms with Crippen molar-refractivity contribution < 1.29 is 13.9 Å². The summed E-state index contributed by atoms with van der Waals surface area (Å²) in [7, 11) is 0. The Balaban J connectivity index is 3.27. The fourth-order valence-electron chi connectivity index (χ4n) is 1.03. The molecule has 0 unspecified atom stereocenters. The van der Waals surface area contributed by atoms with E-state index in [2.05, 4.69) is 4.98 Å². The van der Waals surface area contributed by atoms with E-state index in [0.29, 0.717) is 14.8 Å². The second kappa shape index (κ2) is 4.94. The molecule has 14 heavy (non-hydrogen) atoms. The molecule has 0 saturated carbocycles. The Morgan fingerprint density at radius 2 is 2.21 bits per heavy atom. The van der Waals surface area contributed by atoms with Gasteiger partial charge < -0.3 is 10.8 Å². The molecule has 1 heterocycles. The molecule has 78 valence electrons. The van der Waals surface area contributed by atoms with Gasteiger partial charge in [0, 0.05) is 10.1 Å². The van der Waals surface area contributed by atoms with Gasteiger partial charge in [-0.25, -0.2) is 13.8 Å². The van der Waals surface area contributed by atoms with Crippen molar-refractivity contribution in [1.82, 2.24) is 4.98 Å². The van der Waals surface area contributed by atoms with Crippen LogP contribution in [-0.4, -0.2) is 10.1 Å².